The van der Waals surface area contributed by atoms with Crippen LogP contribution in [-0.2, 0) is 42.9 Å². The molecule has 3 aromatic rings. The number of hydrogen-bond donors (Lipinski definition) is 3. The summed E-state index contributed by atoms with van der Waals surface area (Å²) in [6.45, 7) is 11.0. The number of nitrogens with one attached hydrogen (secondary N) is 1. The van der Waals surface area contributed by atoms with E-state index in [1.54, 1.807) is 43.7 Å². The minimum absolute atomic E-state index is 0.0225. The van der Waals surface area contributed by atoms with Crippen LogP contribution in [0.15, 0.2) is 79.8 Å². The van der Waals surface area contributed by atoms with Gasteiger partial charge in [0.05, 0.1) is 60.9 Å². The number of carbonyl (C=O) groups is 6. The van der Waals surface area contributed by atoms with Crippen LogP contribution in [0.3, 0.4) is 0 Å². The van der Waals surface area contributed by atoms with E-state index in [0.29, 0.717) is 6.42 Å². The van der Waals surface area contributed by atoms with Crippen LogP contribution < -0.4 is 5.32 Å². The van der Waals surface area contributed by atoms with Gasteiger partial charge in [-0.25, -0.2) is 4.79 Å². The molecule has 2 bridgehead atoms. The number of aliphatic hydroxyl groups is 2. The van der Waals surface area contributed by atoms with E-state index >= 15 is 4.79 Å². The Morgan fingerprint density at radius 1 is 1.00 bits per heavy atom. The van der Waals surface area contributed by atoms with E-state index in [-0.39, 0.29) is 52.4 Å². The number of esters is 4. The number of aliphatic hydroxyl groups excluding tert-OH is 1. The van der Waals surface area contributed by atoms with Crippen molar-refractivity contribution in [2.24, 2.45) is 16.7 Å². The standard InChI is InChI=1S/C46H55NO16S2/c1-24-30(60-34(51)19-27(28-11-9-16-57-28)47-40(53)29-12-10-17-58-29)21-46(55)39(62-41(54)26-14-18-56-22-26)37-44(7,31(49)20-32-45(37,23-59-32)63-25(2)48)38(52)36(35(24)43(46,5)6)61-33(50)13-15-42(3,4)65-64-8/h9-12,14,16-18,22,27,30-32,36-37,39,49,55H,13,15,19-21,23H2,1-8H3,(H,47,53)/t27-,30+,31+,32-,36-,37+,39+,44-,45+,46-/m1/s1. The van der Waals surface area contributed by atoms with Gasteiger partial charge in [-0.3, -0.25) is 24.0 Å². The van der Waals surface area contributed by atoms with Gasteiger partial charge in [-0.2, -0.15) is 0 Å². The second-order valence-corrected chi connectivity index (χ2v) is 21.6. The molecule has 7 rings (SSSR count). The molecule has 3 aromatic heterocycles. The molecule has 0 aromatic carbocycles. The third-order valence-electron chi connectivity index (χ3n) is 13.7. The highest BCUT2D eigenvalue weighted by atomic mass is 33.1. The molecule has 1 aliphatic heterocycles. The predicted octanol–water partition coefficient (Wildman–Crippen LogP) is 6.09. The summed E-state index contributed by atoms with van der Waals surface area (Å²) >= 11 is 0. The van der Waals surface area contributed by atoms with Crippen molar-refractivity contribution in [3.05, 3.63) is 83.6 Å². The van der Waals surface area contributed by atoms with Gasteiger partial charge >= 0.3 is 23.9 Å². The van der Waals surface area contributed by atoms with E-state index in [9.17, 15) is 34.2 Å². The fourth-order valence-corrected chi connectivity index (χ4v) is 12.5. The summed E-state index contributed by atoms with van der Waals surface area (Å²) in [5, 5.41) is 28.7. The van der Waals surface area contributed by atoms with Crippen molar-refractivity contribution in [2.45, 2.75) is 133 Å². The fraction of sp³-hybridized carbons (Fsp3) is 0.565. The fourth-order valence-electron chi connectivity index (χ4n) is 10.2. The molecular weight excluding hydrogens is 887 g/mol. The van der Waals surface area contributed by atoms with Gasteiger partial charge in [0.25, 0.3) is 5.91 Å². The maximum absolute atomic E-state index is 15.8. The Kier molecular flexibility index (Phi) is 13.4. The lowest BCUT2D eigenvalue weighted by atomic mass is 9.44. The average Bonchev–Trinajstić information content (AvgIpc) is 4.06. The third-order valence-corrected chi connectivity index (χ3v) is 16.4. The molecule has 65 heavy (non-hydrogen) atoms. The van der Waals surface area contributed by atoms with Gasteiger partial charge < -0.3 is 52.5 Å². The van der Waals surface area contributed by atoms with E-state index in [1.807, 2.05) is 20.1 Å². The monoisotopic (exact) mass is 941 g/mol. The van der Waals surface area contributed by atoms with E-state index in [4.69, 9.17) is 36.9 Å². The van der Waals surface area contributed by atoms with Crippen LogP contribution in [-0.4, -0.2) is 105 Å². The molecule has 2 saturated carbocycles. The van der Waals surface area contributed by atoms with Gasteiger partial charge in [-0.05, 0) is 81.8 Å². The summed E-state index contributed by atoms with van der Waals surface area (Å²) < 4.78 is 46.5. The Bertz CT molecular complexity index is 2300. The summed E-state index contributed by atoms with van der Waals surface area (Å²) in [4.78, 5) is 84.6. The molecule has 0 spiro atoms. The van der Waals surface area contributed by atoms with Crippen LogP contribution in [0, 0.1) is 16.7 Å². The first-order valence-corrected chi connectivity index (χ1v) is 23.8. The number of hydrogen-bond acceptors (Lipinski definition) is 18. The number of Topliss-reactive ketones (excluding diaryl/α,β-unsaturated/α-hetero) is 1. The zero-order valence-electron chi connectivity index (χ0n) is 37.4. The molecule has 1 saturated heterocycles. The van der Waals surface area contributed by atoms with E-state index in [2.05, 4.69) is 5.32 Å². The summed E-state index contributed by atoms with van der Waals surface area (Å²) in [5.41, 5.74) is -7.60. The van der Waals surface area contributed by atoms with Crippen LogP contribution in [0.5, 0.6) is 0 Å². The first-order chi connectivity index (χ1) is 30.6. The first kappa shape index (κ1) is 48.1. The van der Waals surface area contributed by atoms with Gasteiger partial charge in [0.15, 0.2) is 23.2 Å². The number of ketones is 1. The molecule has 4 heterocycles. The Hall–Kier alpha value is -4.82. The maximum atomic E-state index is 15.8. The number of furan rings is 3. The Morgan fingerprint density at radius 2 is 1.72 bits per heavy atom. The van der Waals surface area contributed by atoms with Crippen LogP contribution in [0.4, 0.5) is 0 Å². The second kappa shape index (κ2) is 18.1. The minimum Gasteiger partial charge on any atom is -0.472 e. The Morgan fingerprint density at radius 3 is 2.32 bits per heavy atom. The summed E-state index contributed by atoms with van der Waals surface area (Å²) in [7, 11) is 3.10. The highest BCUT2D eigenvalue weighted by molar-refractivity contribution is 8.76. The maximum Gasteiger partial charge on any atom is 0.341 e. The number of fused-ring (bicyclic) bond motifs is 5. The quantitative estimate of drug-likeness (QED) is 0.0675. The van der Waals surface area contributed by atoms with E-state index < -0.39 is 113 Å². The summed E-state index contributed by atoms with van der Waals surface area (Å²) in [6.07, 6.45) is -1.52. The lowest BCUT2D eigenvalue weighted by Gasteiger charge is -2.67. The average molecular weight is 942 g/mol. The number of ether oxygens (including phenoxy) is 5. The van der Waals surface area contributed by atoms with Gasteiger partial charge in [-0.15, -0.1) is 0 Å². The Balaban J connectivity index is 1.37. The van der Waals surface area contributed by atoms with Crippen LogP contribution in [0.25, 0.3) is 0 Å². The minimum atomic E-state index is -2.36. The Labute approximate surface area is 383 Å². The van der Waals surface area contributed by atoms with Crippen LogP contribution >= 0.6 is 21.6 Å². The zero-order chi connectivity index (χ0) is 47.3. The topological polar surface area (TPSA) is 240 Å². The summed E-state index contributed by atoms with van der Waals surface area (Å²) in [5.74, 6) is -6.21. The smallest absolute Gasteiger partial charge is 0.341 e. The van der Waals surface area contributed by atoms with E-state index in [1.165, 1.54) is 54.7 Å². The van der Waals surface area contributed by atoms with Crippen molar-refractivity contribution in [1.29, 1.82) is 0 Å². The molecule has 3 aliphatic carbocycles. The number of carbonyl (C=O) groups excluding carboxylic acids is 6. The third kappa shape index (κ3) is 8.69. The van der Waals surface area contributed by atoms with Gasteiger partial charge in [0.2, 0.25) is 0 Å². The van der Waals surface area contributed by atoms with Crippen molar-refractivity contribution < 1.29 is 75.9 Å². The van der Waals surface area contributed by atoms with E-state index in [0.717, 1.165) is 13.2 Å². The zero-order valence-corrected chi connectivity index (χ0v) is 39.0. The molecule has 352 valence electrons. The second-order valence-electron chi connectivity index (χ2n) is 18.5. The number of amides is 1. The van der Waals surface area contributed by atoms with Crippen LogP contribution in [0.1, 0.15) is 113 Å². The van der Waals surface area contributed by atoms with Gasteiger partial charge in [-0.1, -0.05) is 35.4 Å². The SMILES string of the molecule is CSSC(C)(C)CCC(=O)O[C@H]1C(=O)[C@@]2(C)[C@H]([C@H](OC(=O)c3ccoc3)[C@]3(O)C[C@H](OC(=O)C[C@@H](NC(=O)c4ccco4)c4ccco4)C(C)=C1C3(C)C)[C@]1(OC(C)=O)CO[C@@H]1C[C@@H]2O. The normalized spacial score (nSPS) is 30.9. The van der Waals surface area contributed by atoms with Gasteiger partial charge in [0, 0.05) is 36.3 Å². The van der Waals surface area contributed by atoms with Crippen molar-refractivity contribution in [1.82, 2.24) is 5.32 Å². The number of rotatable bonds is 15. The molecule has 0 radical (unpaired) electrons. The molecule has 3 N–H and O–H groups in total. The molecule has 4 aliphatic rings. The first-order valence-electron chi connectivity index (χ1n) is 21.3. The predicted molar refractivity (Wildman–Crippen MR) is 232 cm³/mol. The van der Waals surface area contributed by atoms with Crippen molar-refractivity contribution >= 4 is 57.2 Å². The highest BCUT2D eigenvalue weighted by Gasteiger charge is 2.78. The highest BCUT2D eigenvalue weighted by Crippen LogP contribution is 2.64. The largest absolute Gasteiger partial charge is 0.472 e. The lowest BCUT2D eigenvalue weighted by molar-refractivity contribution is -0.346. The van der Waals surface area contributed by atoms with Gasteiger partial charge in [0.1, 0.15) is 35.9 Å². The molecule has 1 amide bonds. The van der Waals surface area contributed by atoms with Crippen LogP contribution in [0.2, 0.25) is 0 Å². The van der Waals surface area contributed by atoms with Crippen molar-refractivity contribution in [3.8, 4) is 0 Å². The molecular formula is C46H55NO16S2. The summed E-state index contributed by atoms with van der Waals surface area (Å²) in [6, 6.07) is 6.40. The molecule has 3 fully saturated rings. The molecule has 10 atom stereocenters. The lowest BCUT2D eigenvalue weighted by Crippen LogP contribution is -2.82. The van der Waals surface area contributed by atoms with Crippen molar-refractivity contribution in [3.63, 3.8) is 0 Å². The molecule has 0 unspecified atom stereocenters. The molecule has 17 nitrogen and oxygen atoms in total. The molecule has 19 heteroatoms. The van der Waals surface area contributed by atoms with Crippen molar-refractivity contribution in [2.75, 3.05) is 12.9 Å².